The minimum Gasteiger partial charge on any atom is -0.489 e. The number of fused-ring (bicyclic) bond motifs is 1. The molecule has 0 bridgehead atoms. The molecule has 0 fully saturated rings. The fraction of sp³-hybridized carbons (Fsp3) is 0.125. The monoisotopic (exact) mass is 294 g/mol. The first-order chi connectivity index (χ1) is 9.22. The van der Waals surface area contributed by atoms with Gasteiger partial charge in [-0.15, -0.1) is 0 Å². The number of aromatic nitrogens is 1. The van der Waals surface area contributed by atoms with Crippen LogP contribution in [0.15, 0.2) is 48.5 Å². The second-order valence-electron chi connectivity index (χ2n) is 4.58. The maximum absolute atomic E-state index is 13.5. The average molecular weight is 294 g/mol. The molecule has 0 amide bonds. The molecule has 3 aromatic rings. The topological polar surface area (TPSA) is 25.0 Å². The molecule has 1 N–H and O–H groups in total. The predicted octanol–water partition coefficient (Wildman–Crippen LogP) is 3.81. The molecule has 0 aliphatic heterocycles. The molecule has 0 aliphatic rings. The number of hydrogen-bond donors (Lipinski definition) is 1. The van der Waals surface area contributed by atoms with Crippen LogP contribution in [0.1, 0.15) is 11.3 Å². The van der Waals surface area contributed by atoms with Crippen LogP contribution in [0.5, 0.6) is 5.75 Å². The summed E-state index contributed by atoms with van der Waals surface area (Å²) in [4.78, 5) is 3.25. The number of aryl methyl sites for hydroxylation is 1. The maximum Gasteiger partial charge on any atom is 0.129 e. The first-order valence-corrected chi connectivity index (χ1v) is 6.18. The summed E-state index contributed by atoms with van der Waals surface area (Å²) < 4.78 is 19.1. The summed E-state index contributed by atoms with van der Waals surface area (Å²) in [5.41, 5.74) is 2.70. The van der Waals surface area contributed by atoms with Crippen molar-refractivity contribution in [3.05, 3.63) is 65.6 Å². The third-order valence-corrected chi connectivity index (χ3v) is 3.08. The molecule has 1 aromatic heterocycles. The molecule has 97 valence electrons. The molecular weight excluding hydrogens is 280 g/mol. The first kappa shape index (κ1) is 15.7. The molecule has 0 spiro atoms. The van der Waals surface area contributed by atoms with Crippen LogP contribution in [0.4, 0.5) is 4.39 Å². The van der Waals surface area contributed by atoms with Gasteiger partial charge >= 0.3 is 0 Å². The fourth-order valence-electron chi connectivity index (χ4n) is 2.12. The molecule has 0 unspecified atom stereocenters. The normalized spacial score (nSPS) is 10.3. The van der Waals surface area contributed by atoms with Gasteiger partial charge in [-0.25, -0.2) is 4.39 Å². The second-order valence-corrected chi connectivity index (χ2v) is 4.58. The van der Waals surface area contributed by atoms with Gasteiger partial charge in [0.2, 0.25) is 0 Å². The van der Waals surface area contributed by atoms with E-state index >= 15 is 0 Å². The third kappa shape index (κ3) is 3.51. The van der Waals surface area contributed by atoms with Crippen LogP contribution in [-0.2, 0) is 6.61 Å². The smallest absolute Gasteiger partial charge is 0.129 e. The minimum absolute atomic E-state index is 0. The average Bonchev–Trinajstić information content (AvgIpc) is 2.77. The number of halogens is 1. The summed E-state index contributed by atoms with van der Waals surface area (Å²) in [5.74, 6) is 0.497. The Kier molecular flexibility index (Phi) is 5.40. The molecular formula is C16H14FKNO. The molecule has 2 aromatic carbocycles. The van der Waals surface area contributed by atoms with Crippen molar-refractivity contribution in [3.63, 3.8) is 0 Å². The fourth-order valence-corrected chi connectivity index (χ4v) is 2.12. The standard InChI is InChI=1S/C16H14FNO.K/c1-11-8-12-6-7-14(9-16(12)18-11)19-10-13-4-2-3-5-15(13)17;/h2-9,18H,10H2,1H3;. The Morgan fingerprint density at radius 2 is 1.90 bits per heavy atom. The van der Waals surface area contributed by atoms with E-state index in [0.29, 0.717) is 5.56 Å². The zero-order chi connectivity index (χ0) is 13.2. The summed E-state index contributed by atoms with van der Waals surface area (Å²) in [7, 11) is 0. The third-order valence-electron chi connectivity index (χ3n) is 3.08. The zero-order valence-corrected chi connectivity index (χ0v) is 14.7. The van der Waals surface area contributed by atoms with E-state index in [1.807, 2.05) is 25.1 Å². The van der Waals surface area contributed by atoms with Gasteiger partial charge in [0.15, 0.2) is 0 Å². The van der Waals surface area contributed by atoms with E-state index in [9.17, 15) is 4.39 Å². The molecule has 2 nitrogen and oxygen atoms in total. The summed E-state index contributed by atoms with van der Waals surface area (Å²) in [6, 6.07) is 14.6. The molecule has 0 saturated heterocycles. The van der Waals surface area contributed by atoms with Crippen molar-refractivity contribution < 1.29 is 9.13 Å². The van der Waals surface area contributed by atoms with Crippen molar-refractivity contribution in [1.82, 2.24) is 4.98 Å². The van der Waals surface area contributed by atoms with Crippen LogP contribution >= 0.6 is 0 Å². The Hall–Kier alpha value is -0.654. The molecule has 3 rings (SSSR count). The zero-order valence-electron chi connectivity index (χ0n) is 11.6. The van der Waals surface area contributed by atoms with Crippen molar-refractivity contribution in [3.8, 4) is 5.75 Å². The Bertz CT molecular complexity index is 723. The van der Waals surface area contributed by atoms with E-state index < -0.39 is 0 Å². The minimum atomic E-state index is -0.237. The molecule has 4 heteroatoms. The number of aromatic amines is 1. The van der Waals surface area contributed by atoms with Gasteiger partial charge in [0, 0.05) is 74.2 Å². The van der Waals surface area contributed by atoms with Crippen LogP contribution in [0.2, 0.25) is 0 Å². The van der Waals surface area contributed by atoms with Gasteiger partial charge < -0.3 is 9.72 Å². The van der Waals surface area contributed by atoms with E-state index in [1.54, 1.807) is 18.2 Å². The summed E-state index contributed by atoms with van der Waals surface area (Å²) in [6.45, 7) is 2.25. The Labute approximate surface area is 159 Å². The first-order valence-electron chi connectivity index (χ1n) is 6.18. The van der Waals surface area contributed by atoms with Gasteiger partial charge in [-0.05, 0) is 36.6 Å². The van der Waals surface area contributed by atoms with Gasteiger partial charge in [-0.3, -0.25) is 0 Å². The Balaban J connectivity index is 0.00000147. The molecule has 0 atom stereocenters. The number of H-pyrrole nitrogens is 1. The molecule has 0 saturated carbocycles. The Morgan fingerprint density at radius 3 is 2.70 bits per heavy atom. The quantitative estimate of drug-likeness (QED) is 0.730. The Morgan fingerprint density at radius 1 is 1.10 bits per heavy atom. The van der Waals surface area contributed by atoms with Crippen molar-refractivity contribution in [2.45, 2.75) is 13.5 Å². The van der Waals surface area contributed by atoms with Crippen LogP contribution in [0, 0.1) is 12.7 Å². The van der Waals surface area contributed by atoms with Crippen molar-refractivity contribution in [1.29, 1.82) is 0 Å². The number of nitrogens with one attached hydrogen (secondary N) is 1. The van der Waals surface area contributed by atoms with E-state index in [1.165, 1.54) is 6.07 Å². The SMILES string of the molecule is Cc1cc2ccc(OCc3ccccc3F)cc2[nH]1.[K]. The van der Waals surface area contributed by atoms with E-state index in [-0.39, 0.29) is 63.8 Å². The van der Waals surface area contributed by atoms with Crippen LogP contribution in [-0.4, -0.2) is 56.4 Å². The van der Waals surface area contributed by atoms with Crippen molar-refractivity contribution >= 4 is 62.3 Å². The number of benzene rings is 2. The van der Waals surface area contributed by atoms with E-state index in [4.69, 9.17) is 4.74 Å². The van der Waals surface area contributed by atoms with Gasteiger partial charge in [-0.2, -0.15) is 0 Å². The largest absolute Gasteiger partial charge is 0.489 e. The number of ether oxygens (including phenoxy) is 1. The van der Waals surface area contributed by atoms with Crippen LogP contribution in [0.3, 0.4) is 0 Å². The number of hydrogen-bond acceptors (Lipinski definition) is 1. The summed E-state index contributed by atoms with van der Waals surface area (Å²) >= 11 is 0. The molecule has 0 aliphatic carbocycles. The maximum atomic E-state index is 13.5. The van der Waals surface area contributed by atoms with Crippen molar-refractivity contribution in [2.75, 3.05) is 0 Å². The number of rotatable bonds is 3. The van der Waals surface area contributed by atoms with Gasteiger partial charge in [0.05, 0.1) is 0 Å². The predicted molar refractivity (Wildman–Crippen MR) is 79.5 cm³/mol. The van der Waals surface area contributed by atoms with E-state index in [0.717, 1.165) is 22.3 Å². The molecule has 1 heterocycles. The molecule has 20 heavy (non-hydrogen) atoms. The molecule has 1 radical (unpaired) electrons. The summed E-state index contributed by atoms with van der Waals surface area (Å²) in [6.07, 6.45) is 0. The van der Waals surface area contributed by atoms with Gasteiger partial charge in [0.25, 0.3) is 0 Å². The summed E-state index contributed by atoms with van der Waals surface area (Å²) in [5, 5.41) is 1.15. The van der Waals surface area contributed by atoms with E-state index in [2.05, 4.69) is 11.1 Å². The van der Waals surface area contributed by atoms with Gasteiger partial charge in [-0.1, -0.05) is 18.2 Å². The van der Waals surface area contributed by atoms with Crippen LogP contribution < -0.4 is 4.74 Å². The second kappa shape index (κ2) is 6.87. The van der Waals surface area contributed by atoms with Gasteiger partial charge in [0.1, 0.15) is 18.2 Å². The van der Waals surface area contributed by atoms with Crippen molar-refractivity contribution in [2.24, 2.45) is 0 Å². The van der Waals surface area contributed by atoms with Crippen LogP contribution in [0.25, 0.3) is 10.9 Å².